The van der Waals surface area contributed by atoms with Crippen LogP contribution in [0.25, 0.3) is 0 Å². The first-order valence-corrected chi connectivity index (χ1v) is 13.0. The third kappa shape index (κ3) is 7.86. The molecule has 1 saturated carbocycles. The summed E-state index contributed by atoms with van der Waals surface area (Å²) in [4.78, 5) is 21.3. The smallest absolute Gasteiger partial charge is 0.222 e. The van der Waals surface area contributed by atoms with Crippen molar-refractivity contribution in [1.29, 1.82) is 0 Å². The number of aromatic nitrogens is 2. The Balaban J connectivity index is 1.50. The van der Waals surface area contributed by atoms with E-state index in [4.69, 9.17) is 26.2 Å². The molecule has 1 aliphatic rings. The largest absolute Gasteiger partial charge is 0.486 e. The average molecular weight is 544 g/mol. The van der Waals surface area contributed by atoms with Gasteiger partial charge in [0.15, 0.2) is 11.6 Å². The Hall–Kier alpha value is -3.27. The molecule has 4 rings (SSSR count). The second-order valence-electron chi connectivity index (χ2n) is 9.41. The number of carbonyl (C=O) groups is 1. The van der Waals surface area contributed by atoms with Gasteiger partial charge in [0.25, 0.3) is 0 Å². The summed E-state index contributed by atoms with van der Waals surface area (Å²) >= 11 is 5.99. The lowest BCUT2D eigenvalue weighted by Gasteiger charge is -2.17. The molecule has 1 fully saturated rings. The van der Waals surface area contributed by atoms with E-state index in [0.29, 0.717) is 34.4 Å². The van der Waals surface area contributed by atoms with Gasteiger partial charge in [0.2, 0.25) is 5.88 Å². The Kier molecular flexibility index (Phi) is 9.86. The van der Waals surface area contributed by atoms with Gasteiger partial charge in [-0.1, -0.05) is 49.4 Å². The quantitative estimate of drug-likeness (QED) is 0.275. The number of anilines is 2. The number of nitrogens with zero attached hydrogens (tertiary/aromatic N) is 2. The van der Waals surface area contributed by atoms with Crippen molar-refractivity contribution < 1.29 is 28.9 Å². The van der Waals surface area contributed by atoms with Crippen LogP contribution in [0.2, 0.25) is 5.02 Å². The zero-order chi connectivity index (χ0) is 26.9. The first-order valence-electron chi connectivity index (χ1n) is 12.6. The fraction of sp³-hybridized carbons (Fsp3) is 0.393. The summed E-state index contributed by atoms with van der Waals surface area (Å²) in [5, 5.41) is 22.5. The summed E-state index contributed by atoms with van der Waals surface area (Å²) in [5.41, 5.74) is 1.61. The maximum atomic E-state index is 14.8. The van der Waals surface area contributed by atoms with Crippen LogP contribution in [0.4, 0.5) is 15.9 Å². The van der Waals surface area contributed by atoms with Crippen LogP contribution < -0.4 is 14.8 Å². The lowest BCUT2D eigenvalue weighted by molar-refractivity contribution is -0.119. The Labute approximate surface area is 225 Å². The maximum Gasteiger partial charge on any atom is 0.222 e. The molecule has 38 heavy (non-hydrogen) atoms. The molecule has 8 nitrogen and oxygen atoms in total. The number of Topliss-reactive ketones (excluding diaryl/α,β-unsaturated/α-hetero) is 1. The molecule has 0 aliphatic heterocycles. The summed E-state index contributed by atoms with van der Waals surface area (Å²) < 4.78 is 26.1. The molecule has 1 atom stereocenters. The molecule has 0 spiro atoms. The standard InChI is InChI=1S/C28H31ClFN3O5/c29-20-7-3-6-19(10-20)15-37-26-9-8-21(12-25(26)30)33-27-24(13-22(35)11-18-4-1-2-5-18)28(32-17-31-27)38-16-23(36)14-34/h3,6-10,12,17-18,23,34,36H,1-2,4-5,11,13-16H2,(H,31,32,33)/t23-/m0/s1. The number of carbonyl (C=O) groups excluding carboxylic acids is 1. The summed E-state index contributed by atoms with van der Waals surface area (Å²) in [6.45, 7) is -0.523. The van der Waals surface area contributed by atoms with Crippen molar-refractivity contribution in [3.05, 3.63) is 70.8 Å². The maximum absolute atomic E-state index is 14.8. The van der Waals surface area contributed by atoms with Gasteiger partial charge in [0, 0.05) is 29.6 Å². The Morgan fingerprint density at radius 3 is 2.71 bits per heavy atom. The number of aliphatic hydroxyl groups excluding tert-OH is 2. The van der Waals surface area contributed by atoms with Gasteiger partial charge in [-0.25, -0.2) is 14.4 Å². The number of aliphatic hydroxyl groups is 2. The lowest BCUT2D eigenvalue weighted by Crippen LogP contribution is -2.22. The molecular formula is C28H31ClFN3O5. The van der Waals surface area contributed by atoms with Crippen molar-refractivity contribution in [3.63, 3.8) is 0 Å². The number of rotatable bonds is 13. The van der Waals surface area contributed by atoms with Crippen molar-refractivity contribution in [2.45, 2.75) is 51.2 Å². The molecule has 0 amide bonds. The third-order valence-electron chi connectivity index (χ3n) is 6.37. The second-order valence-corrected chi connectivity index (χ2v) is 9.85. The first kappa shape index (κ1) is 27.8. The molecule has 3 N–H and O–H groups in total. The predicted molar refractivity (Wildman–Crippen MR) is 141 cm³/mol. The highest BCUT2D eigenvalue weighted by atomic mass is 35.5. The molecule has 1 heterocycles. The zero-order valence-electron chi connectivity index (χ0n) is 20.9. The van der Waals surface area contributed by atoms with Crippen molar-refractivity contribution in [3.8, 4) is 11.6 Å². The van der Waals surface area contributed by atoms with E-state index in [9.17, 15) is 14.3 Å². The minimum absolute atomic E-state index is 0.0214. The van der Waals surface area contributed by atoms with Gasteiger partial charge in [-0.05, 0) is 35.7 Å². The minimum Gasteiger partial charge on any atom is -0.486 e. The van der Waals surface area contributed by atoms with Gasteiger partial charge in [-0.15, -0.1) is 0 Å². The molecule has 3 aromatic rings. The number of benzene rings is 2. The molecule has 0 bridgehead atoms. The van der Waals surface area contributed by atoms with Crippen LogP contribution in [-0.4, -0.2) is 45.3 Å². The number of nitrogens with one attached hydrogen (secondary N) is 1. The first-order chi connectivity index (χ1) is 18.4. The van der Waals surface area contributed by atoms with Gasteiger partial charge in [0.1, 0.15) is 37.2 Å². The van der Waals surface area contributed by atoms with Crippen molar-refractivity contribution >= 4 is 28.9 Å². The molecule has 2 aromatic carbocycles. The highest BCUT2D eigenvalue weighted by Gasteiger charge is 2.22. The molecule has 0 saturated heterocycles. The van der Waals surface area contributed by atoms with E-state index in [1.807, 2.05) is 6.07 Å². The van der Waals surface area contributed by atoms with Crippen molar-refractivity contribution in [2.75, 3.05) is 18.5 Å². The van der Waals surface area contributed by atoms with E-state index in [0.717, 1.165) is 31.2 Å². The molecule has 10 heteroatoms. The number of halogens is 2. The highest BCUT2D eigenvalue weighted by Crippen LogP contribution is 2.31. The molecule has 202 valence electrons. The number of hydrogen-bond donors (Lipinski definition) is 3. The van der Waals surface area contributed by atoms with Gasteiger partial charge in [-0.3, -0.25) is 4.79 Å². The van der Waals surface area contributed by atoms with Crippen LogP contribution in [0.1, 0.15) is 43.2 Å². The number of hydrogen-bond acceptors (Lipinski definition) is 8. The molecule has 0 radical (unpaired) electrons. The topological polar surface area (TPSA) is 114 Å². The minimum atomic E-state index is -1.10. The van der Waals surface area contributed by atoms with Crippen LogP contribution in [0.5, 0.6) is 11.6 Å². The van der Waals surface area contributed by atoms with Crippen LogP contribution in [0.3, 0.4) is 0 Å². The summed E-state index contributed by atoms with van der Waals surface area (Å²) in [6, 6.07) is 11.5. The van der Waals surface area contributed by atoms with Crippen molar-refractivity contribution in [2.24, 2.45) is 5.92 Å². The van der Waals surface area contributed by atoms with E-state index in [1.54, 1.807) is 24.3 Å². The Bertz CT molecular complexity index is 1240. The van der Waals surface area contributed by atoms with Gasteiger partial charge < -0.3 is 25.0 Å². The average Bonchev–Trinajstić information content (AvgIpc) is 3.41. The zero-order valence-corrected chi connectivity index (χ0v) is 21.7. The van der Waals surface area contributed by atoms with Crippen LogP contribution >= 0.6 is 11.6 Å². The third-order valence-corrected chi connectivity index (χ3v) is 6.61. The summed E-state index contributed by atoms with van der Waals surface area (Å²) in [6.07, 6.45) is 4.99. The van der Waals surface area contributed by atoms with Crippen LogP contribution in [0.15, 0.2) is 48.8 Å². The van der Waals surface area contributed by atoms with E-state index < -0.39 is 18.5 Å². The Morgan fingerprint density at radius 1 is 1.16 bits per heavy atom. The predicted octanol–water partition coefficient (Wildman–Crippen LogP) is 5.02. The van der Waals surface area contributed by atoms with E-state index in [-0.39, 0.29) is 37.0 Å². The summed E-state index contributed by atoms with van der Waals surface area (Å²) in [5.74, 6) is 0.313. The number of ketones is 1. The van der Waals surface area contributed by atoms with E-state index in [2.05, 4.69) is 15.3 Å². The SMILES string of the molecule is O=C(Cc1c(Nc2ccc(OCc3cccc(Cl)c3)c(F)c2)ncnc1OC[C@@H](O)CO)CC1CCCC1. The lowest BCUT2D eigenvalue weighted by atomic mass is 9.97. The molecule has 1 aliphatic carbocycles. The van der Waals surface area contributed by atoms with E-state index >= 15 is 0 Å². The van der Waals surface area contributed by atoms with Gasteiger partial charge >= 0.3 is 0 Å². The van der Waals surface area contributed by atoms with Crippen LogP contribution in [0, 0.1) is 11.7 Å². The monoisotopic (exact) mass is 543 g/mol. The summed E-state index contributed by atoms with van der Waals surface area (Å²) in [7, 11) is 0. The fourth-order valence-electron chi connectivity index (χ4n) is 4.44. The van der Waals surface area contributed by atoms with Gasteiger partial charge in [-0.2, -0.15) is 0 Å². The van der Waals surface area contributed by atoms with Crippen molar-refractivity contribution in [1.82, 2.24) is 9.97 Å². The molecule has 0 unspecified atom stereocenters. The number of ether oxygens (including phenoxy) is 2. The highest BCUT2D eigenvalue weighted by molar-refractivity contribution is 6.30. The molecular weight excluding hydrogens is 513 g/mol. The second kappa shape index (κ2) is 13.5. The van der Waals surface area contributed by atoms with Crippen LogP contribution in [-0.2, 0) is 17.8 Å². The Morgan fingerprint density at radius 2 is 1.97 bits per heavy atom. The van der Waals surface area contributed by atoms with E-state index in [1.165, 1.54) is 18.5 Å². The fourth-order valence-corrected chi connectivity index (χ4v) is 4.65. The normalized spacial score (nSPS) is 14.3. The molecule has 1 aromatic heterocycles. The van der Waals surface area contributed by atoms with Gasteiger partial charge in [0.05, 0.1) is 12.2 Å².